The number of ketones is 2. The number of halogens is 2. The third-order valence-electron chi connectivity index (χ3n) is 3.79. The van der Waals surface area contributed by atoms with E-state index in [4.69, 9.17) is 11.6 Å². The molecule has 0 saturated heterocycles. The fourth-order valence-corrected chi connectivity index (χ4v) is 2.71. The molecule has 0 bridgehead atoms. The van der Waals surface area contributed by atoms with Crippen molar-refractivity contribution in [3.63, 3.8) is 0 Å². The molecule has 0 aliphatic heterocycles. The number of aromatic amines is 1. The van der Waals surface area contributed by atoms with Gasteiger partial charge in [0.05, 0.1) is 0 Å². The fourth-order valence-electron chi connectivity index (χ4n) is 2.52. The number of imidazole rings is 1. The van der Waals surface area contributed by atoms with Crippen molar-refractivity contribution >= 4 is 23.2 Å². The largest absolute Gasteiger partial charge is 0.293 e. The van der Waals surface area contributed by atoms with Gasteiger partial charge in [-0.2, -0.15) is 0 Å². The molecule has 0 aliphatic rings. The molecular formula is C19H15ClFN2O2+. The number of carbonyl (C=O) groups is 2. The molecule has 126 valence electrons. The van der Waals surface area contributed by atoms with Crippen molar-refractivity contribution < 1.29 is 18.5 Å². The average molecular weight is 358 g/mol. The maximum absolute atomic E-state index is 13.3. The van der Waals surface area contributed by atoms with E-state index < -0.39 is 5.82 Å². The molecule has 0 radical (unpaired) electrons. The Hall–Kier alpha value is -2.79. The van der Waals surface area contributed by atoms with Crippen LogP contribution in [-0.2, 0) is 13.0 Å². The number of hydrogen-bond acceptors (Lipinski definition) is 2. The number of nitrogens with one attached hydrogen (secondary N) is 1. The molecule has 0 saturated carbocycles. The van der Waals surface area contributed by atoms with Crippen LogP contribution in [0.3, 0.4) is 0 Å². The van der Waals surface area contributed by atoms with E-state index in [9.17, 15) is 14.0 Å². The second-order valence-corrected chi connectivity index (χ2v) is 6.01. The number of nitrogens with zero attached hydrogens (tertiary/aromatic N) is 1. The van der Waals surface area contributed by atoms with Gasteiger partial charge < -0.3 is 0 Å². The Kier molecular flexibility index (Phi) is 5.05. The van der Waals surface area contributed by atoms with E-state index in [1.807, 2.05) is 0 Å². The lowest BCUT2D eigenvalue weighted by atomic mass is 10.1. The third-order valence-corrected chi connectivity index (χ3v) is 4.02. The molecule has 4 nitrogen and oxygen atoms in total. The number of hydrogen-bond donors (Lipinski definition) is 1. The lowest BCUT2D eigenvalue weighted by Gasteiger charge is -2.03. The van der Waals surface area contributed by atoms with E-state index in [0.29, 0.717) is 22.0 Å². The SMILES string of the molecule is O=C(Cc1[nH]cc[n+]1CC(=O)c1cccc(F)c1)c1cccc(Cl)c1. The van der Waals surface area contributed by atoms with Crippen LogP contribution in [-0.4, -0.2) is 16.6 Å². The molecule has 6 heteroatoms. The Balaban J connectivity index is 1.74. The first kappa shape index (κ1) is 17.0. The lowest BCUT2D eigenvalue weighted by Crippen LogP contribution is -2.40. The van der Waals surface area contributed by atoms with E-state index in [1.54, 1.807) is 47.3 Å². The van der Waals surface area contributed by atoms with Gasteiger partial charge in [0, 0.05) is 16.1 Å². The molecule has 0 atom stereocenters. The van der Waals surface area contributed by atoms with Gasteiger partial charge in [-0.25, -0.2) is 13.9 Å². The van der Waals surface area contributed by atoms with Gasteiger partial charge in [-0.3, -0.25) is 9.59 Å². The first-order valence-corrected chi connectivity index (χ1v) is 8.04. The first-order chi connectivity index (χ1) is 12.0. The molecule has 0 spiro atoms. The van der Waals surface area contributed by atoms with Crippen molar-refractivity contribution in [3.05, 3.63) is 88.7 Å². The normalized spacial score (nSPS) is 10.6. The molecule has 1 heterocycles. The number of rotatable bonds is 6. The highest BCUT2D eigenvalue weighted by molar-refractivity contribution is 6.31. The molecular weight excluding hydrogens is 343 g/mol. The molecule has 0 unspecified atom stereocenters. The van der Waals surface area contributed by atoms with E-state index in [-0.39, 0.29) is 24.5 Å². The summed E-state index contributed by atoms with van der Waals surface area (Å²) in [6.45, 7) is 0.0190. The third kappa shape index (κ3) is 4.19. The maximum atomic E-state index is 13.3. The monoisotopic (exact) mass is 357 g/mol. The molecule has 0 fully saturated rings. The van der Waals surface area contributed by atoms with Gasteiger partial charge >= 0.3 is 0 Å². The summed E-state index contributed by atoms with van der Waals surface area (Å²) in [5.74, 6) is -0.214. The highest BCUT2D eigenvalue weighted by atomic mass is 35.5. The van der Waals surface area contributed by atoms with Crippen LogP contribution in [0.15, 0.2) is 60.9 Å². The maximum Gasteiger partial charge on any atom is 0.262 e. The summed E-state index contributed by atoms with van der Waals surface area (Å²) in [6.07, 6.45) is 3.43. The van der Waals surface area contributed by atoms with Crippen LogP contribution in [0, 0.1) is 5.82 Å². The summed E-state index contributed by atoms with van der Waals surface area (Å²) in [6, 6.07) is 12.3. The van der Waals surface area contributed by atoms with Gasteiger partial charge in [-0.15, -0.1) is 0 Å². The molecule has 0 amide bonds. The molecule has 1 N–H and O–H groups in total. The summed E-state index contributed by atoms with van der Waals surface area (Å²) >= 11 is 5.91. The smallest absolute Gasteiger partial charge is 0.262 e. The van der Waals surface area contributed by atoms with Crippen LogP contribution in [0.4, 0.5) is 4.39 Å². The van der Waals surface area contributed by atoms with Crippen LogP contribution in [0.5, 0.6) is 0 Å². The van der Waals surface area contributed by atoms with Crippen LogP contribution in [0.25, 0.3) is 0 Å². The Bertz CT molecular complexity index is 862. The van der Waals surface area contributed by atoms with E-state index in [0.717, 1.165) is 0 Å². The summed E-state index contributed by atoms with van der Waals surface area (Å²) < 4.78 is 14.9. The van der Waals surface area contributed by atoms with Crippen LogP contribution < -0.4 is 4.57 Å². The number of aromatic nitrogens is 2. The molecule has 25 heavy (non-hydrogen) atoms. The zero-order valence-corrected chi connectivity index (χ0v) is 14.0. The number of H-pyrrole nitrogens is 1. The van der Waals surface area contributed by atoms with Gasteiger partial charge in [-0.1, -0.05) is 35.9 Å². The van der Waals surface area contributed by atoms with E-state index >= 15 is 0 Å². The predicted molar refractivity (Wildman–Crippen MR) is 91.2 cm³/mol. The summed E-state index contributed by atoms with van der Waals surface area (Å²) in [5, 5.41) is 0.492. The van der Waals surface area contributed by atoms with Crippen molar-refractivity contribution in [3.8, 4) is 0 Å². The van der Waals surface area contributed by atoms with Gasteiger partial charge in [0.15, 0.2) is 12.3 Å². The standard InChI is InChI=1S/C19H14ClFN2O2/c20-15-5-1-3-13(9-15)17(24)11-19-22-7-8-23(19)12-18(25)14-4-2-6-16(21)10-14/h1-10H,11-12H2/p+1. The summed E-state index contributed by atoms with van der Waals surface area (Å²) in [7, 11) is 0. The van der Waals surface area contributed by atoms with E-state index in [1.165, 1.54) is 18.2 Å². The number of benzene rings is 2. The topological polar surface area (TPSA) is 53.8 Å². The van der Waals surface area contributed by atoms with Crippen LogP contribution >= 0.6 is 11.6 Å². The summed E-state index contributed by atoms with van der Waals surface area (Å²) in [4.78, 5) is 27.7. The van der Waals surface area contributed by atoms with Gasteiger partial charge in [0.2, 0.25) is 5.78 Å². The minimum atomic E-state index is -0.457. The van der Waals surface area contributed by atoms with Gasteiger partial charge in [0.1, 0.15) is 24.6 Å². The summed E-state index contributed by atoms with van der Waals surface area (Å²) in [5.41, 5.74) is 0.797. The number of Topliss-reactive ketones (excluding diaryl/α,β-unsaturated/α-hetero) is 2. The highest BCUT2D eigenvalue weighted by Gasteiger charge is 2.19. The van der Waals surface area contributed by atoms with Crippen molar-refractivity contribution in [2.45, 2.75) is 13.0 Å². The van der Waals surface area contributed by atoms with Crippen molar-refractivity contribution in [2.24, 2.45) is 0 Å². The average Bonchev–Trinajstić information content (AvgIpc) is 3.01. The van der Waals surface area contributed by atoms with Crippen LogP contribution in [0.2, 0.25) is 5.02 Å². The minimum Gasteiger partial charge on any atom is -0.293 e. The van der Waals surface area contributed by atoms with Crippen molar-refractivity contribution in [2.75, 3.05) is 0 Å². The predicted octanol–water partition coefficient (Wildman–Crippen LogP) is 3.40. The molecule has 3 rings (SSSR count). The Morgan fingerprint density at radius 2 is 1.76 bits per heavy atom. The molecule has 0 aliphatic carbocycles. The molecule has 1 aromatic heterocycles. The van der Waals surface area contributed by atoms with Gasteiger partial charge in [0.25, 0.3) is 5.82 Å². The quantitative estimate of drug-likeness (QED) is 0.543. The zero-order valence-electron chi connectivity index (χ0n) is 13.2. The van der Waals surface area contributed by atoms with E-state index in [2.05, 4.69) is 4.98 Å². The van der Waals surface area contributed by atoms with Crippen LogP contribution in [0.1, 0.15) is 26.5 Å². The fraction of sp³-hybridized carbons (Fsp3) is 0.105. The highest BCUT2D eigenvalue weighted by Crippen LogP contribution is 2.12. The Morgan fingerprint density at radius 3 is 2.48 bits per heavy atom. The Labute approximate surface area is 148 Å². The van der Waals surface area contributed by atoms with Gasteiger partial charge in [-0.05, 0) is 24.3 Å². The molecule has 3 aromatic rings. The first-order valence-electron chi connectivity index (χ1n) is 7.66. The minimum absolute atomic E-state index is 0.0190. The Morgan fingerprint density at radius 1 is 1.04 bits per heavy atom. The molecule has 2 aromatic carbocycles. The van der Waals surface area contributed by atoms with Crippen molar-refractivity contribution in [1.29, 1.82) is 0 Å². The second kappa shape index (κ2) is 7.40. The zero-order chi connectivity index (χ0) is 17.8. The number of carbonyl (C=O) groups excluding carboxylic acids is 2. The lowest BCUT2D eigenvalue weighted by molar-refractivity contribution is -0.688. The van der Waals surface area contributed by atoms with Crippen molar-refractivity contribution in [1.82, 2.24) is 4.98 Å². The second-order valence-electron chi connectivity index (χ2n) is 5.58.